The summed E-state index contributed by atoms with van der Waals surface area (Å²) in [6.07, 6.45) is 1.77. The highest BCUT2D eigenvalue weighted by atomic mass is 32.2. The number of amides is 1. The summed E-state index contributed by atoms with van der Waals surface area (Å²) in [5, 5.41) is 2.82. The van der Waals surface area contributed by atoms with E-state index in [1.807, 2.05) is 66.7 Å². The van der Waals surface area contributed by atoms with Crippen LogP contribution >= 0.6 is 11.8 Å². The van der Waals surface area contributed by atoms with Crippen molar-refractivity contribution < 1.29 is 9.53 Å². The Bertz CT molecular complexity index is 819. The maximum Gasteiger partial charge on any atom is 0.235 e. The number of benzene rings is 2. The highest BCUT2D eigenvalue weighted by Gasteiger charge is 2.05. The number of nitrogens with one attached hydrogen (secondary N) is 1. The second kappa shape index (κ2) is 8.35. The first-order valence-electron chi connectivity index (χ1n) is 7.83. The predicted octanol–water partition coefficient (Wildman–Crippen LogP) is 4.49. The number of anilines is 1. The molecule has 3 aromatic rings. The molecule has 1 amide bonds. The summed E-state index contributed by atoms with van der Waals surface area (Å²) in [6.45, 7) is 0. The quantitative estimate of drug-likeness (QED) is 0.666. The van der Waals surface area contributed by atoms with Gasteiger partial charge >= 0.3 is 0 Å². The fraction of sp³-hybridized carbons (Fsp3) is 0.100. The zero-order valence-electron chi connectivity index (χ0n) is 13.8. The fourth-order valence-electron chi connectivity index (χ4n) is 2.27. The number of ether oxygens (including phenoxy) is 1. The zero-order chi connectivity index (χ0) is 17.5. The van der Waals surface area contributed by atoms with Crippen LogP contribution in [-0.2, 0) is 4.79 Å². The molecular weight excluding hydrogens is 332 g/mol. The molecule has 3 rings (SSSR count). The third-order valence-corrected chi connectivity index (χ3v) is 4.58. The highest BCUT2D eigenvalue weighted by Crippen LogP contribution is 2.22. The average Bonchev–Trinajstić information content (AvgIpc) is 2.68. The smallest absolute Gasteiger partial charge is 0.235 e. The molecule has 1 heterocycles. The van der Waals surface area contributed by atoms with Gasteiger partial charge in [-0.05, 0) is 42.0 Å². The Morgan fingerprint density at radius 3 is 2.40 bits per heavy atom. The maximum absolute atomic E-state index is 12.1. The summed E-state index contributed by atoms with van der Waals surface area (Å²) in [5.41, 5.74) is 2.12. The van der Waals surface area contributed by atoms with Crippen LogP contribution in [0.4, 0.5) is 5.82 Å². The lowest BCUT2D eigenvalue weighted by atomic mass is 10.1. The fourth-order valence-corrected chi connectivity index (χ4v) is 2.97. The molecule has 0 unspecified atom stereocenters. The molecular formula is C20H18N2O2S. The normalized spacial score (nSPS) is 10.3. The van der Waals surface area contributed by atoms with Gasteiger partial charge in [0.25, 0.3) is 0 Å². The maximum atomic E-state index is 12.1. The van der Waals surface area contributed by atoms with Crippen LogP contribution in [0.2, 0.25) is 0 Å². The largest absolute Gasteiger partial charge is 0.497 e. The summed E-state index contributed by atoms with van der Waals surface area (Å²) in [6, 6.07) is 21.4. The molecule has 0 aliphatic rings. The summed E-state index contributed by atoms with van der Waals surface area (Å²) >= 11 is 1.47. The third-order valence-electron chi connectivity index (χ3n) is 3.57. The van der Waals surface area contributed by atoms with E-state index < -0.39 is 0 Å². The van der Waals surface area contributed by atoms with Crippen molar-refractivity contribution in [2.45, 2.75) is 4.90 Å². The van der Waals surface area contributed by atoms with Gasteiger partial charge in [-0.25, -0.2) is 4.98 Å². The van der Waals surface area contributed by atoms with Crippen molar-refractivity contribution in [2.75, 3.05) is 18.2 Å². The Balaban J connectivity index is 1.54. The molecule has 25 heavy (non-hydrogen) atoms. The number of thioether (sulfide) groups is 1. The van der Waals surface area contributed by atoms with Crippen molar-refractivity contribution in [3.63, 3.8) is 0 Å². The number of hydrogen-bond acceptors (Lipinski definition) is 4. The van der Waals surface area contributed by atoms with Gasteiger partial charge in [-0.3, -0.25) is 4.79 Å². The van der Waals surface area contributed by atoms with Gasteiger partial charge < -0.3 is 10.1 Å². The van der Waals surface area contributed by atoms with Crippen molar-refractivity contribution in [1.82, 2.24) is 4.98 Å². The summed E-state index contributed by atoms with van der Waals surface area (Å²) in [5.74, 6) is 1.60. The number of aromatic nitrogens is 1. The molecule has 0 bridgehead atoms. The van der Waals surface area contributed by atoms with Gasteiger partial charge in [0.15, 0.2) is 0 Å². The van der Waals surface area contributed by atoms with Gasteiger partial charge in [-0.15, -0.1) is 11.8 Å². The van der Waals surface area contributed by atoms with Gasteiger partial charge in [-0.2, -0.15) is 0 Å². The minimum Gasteiger partial charge on any atom is -0.497 e. The molecule has 0 saturated heterocycles. The van der Waals surface area contributed by atoms with Crippen molar-refractivity contribution >= 4 is 23.5 Å². The Morgan fingerprint density at radius 2 is 1.76 bits per heavy atom. The second-order valence-electron chi connectivity index (χ2n) is 5.31. The molecule has 126 valence electrons. The van der Waals surface area contributed by atoms with E-state index in [0.717, 1.165) is 21.8 Å². The number of carbonyl (C=O) groups is 1. The number of carbonyl (C=O) groups excluding carboxylic acids is 1. The van der Waals surface area contributed by atoms with Gasteiger partial charge in [-0.1, -0.05) is 30.3 Å². The topological polar surface area (TPSA) is 51.2 Å². The second-order valence-corrected chi connectivity index (χ2v) is 6.36. The van der Waals surface area contributed by atoms with Crippen LogP contribution in [0.15, 0.2) is 77.8 Å². The predicted molar refractivity (Wildman–Crippen MR) is 102 cm³/mol. The van der Waals surface area contributed by atoms with E-state index in [4.69, 9.17) is 4.74 Å². The standard InChI is InChI=1S/C20H18N2O2S/c1-24-17-8-10-18(11-9-17)25-14-20(23)22-19-12-7-16(13-21-19)15-5-3-2-4-6-15/h2-13H,14H2,1H3,(H,21,22,23). The Hall–Kier alpha value is -2.79. The molecule has 0 fully saturated rings. The highest BCUT2D eigenvalue weighted by molar-refractivity contribution is 8.00. The monoisotopic (exact) mass is 350 g/mol. The van der Waals surface area contributed by atoms with Gasteiger partial charge in [0, 0.05) is 16.7 Å². The van der Waals surface area contributed by atoms with Gasteiger partial charge in [0.2, 0.25) is 5.91 Å². The van der Waals surface area contributed by atoms with Gasteiger partial charge in [0.1, 0.15) is 11.6 Å². The van der Waals surface area contributed by atoms with E-state index in [0.29, 0.717) is 11.6 Å². The lowest BCUT2D eigenvalue weighted by Gasteiger charge is -2.06. The molecule has 4 nitrogen and oxygen atoms in total. The first kappa shape index (κ1) is 17.0. The number of nitrogens with zero attached hydrogens (tertiary/aromatic N) is 1. The van der Waals surface area contributed by atoms with Crippen LogP contribution in [-0.4, -0.2) is 23.8 Å². The van der Waals surface area contributed by atoms with E-state index in [-0.39, 0.29) is 5.91 Å². The minimum absolute atomic E-state index is 0.0826. The van der Waals surface area contributed by atoms with Crippen molar-refractivity contribution in [3.8, 4) is 16.9 Å². The minimum atomic E-state index is -0.0826. The molecule has 2 aromatic carbocycles. The van der Waals surface area contributed by atoms with Crippen LogP contribution in [0, 0.1) is 0 Å². The zero-order valence-corrected chi connectivity index (χ0v) is 14.6. The molecule has 0 radical (unpaired) electrons. The Kier molecular flexibility index (Phi) is 5.69. The van der Waals surface area contributed by atoms with Crippen molar-refractivity contribution in [3.05, 3.63) is 72.9 Å². The van der Waals surface area contributed by atoms with Crippen LogP contribution < -0.4 is 10.1 Å². The van der Waals surface area contributed by atoms with Crippen LogP contribution in [0.25, 0.3) is 11.1 Å². The SMILES string of the molecule is COc1ccc(SCC(=O)Nc2ccc(-c3ccccc3)cn2)cc1. The molecule has 0 spiro atoms. The van der Waals surface area contributed by atoms with Crippen molar-refractivity contribution in [1.29, 1.82) is 0 Å². The molecule has 1 aromatic heterocycles. The number of pyridine rings is 1. The summed E-state index contributed by atoms with van der Waals surface area (Å²) < 4.78 is 5.12. The Morgan fingerprint density at radius 1 is 1.00 bits per heavy atom. The third kappa shape index (κ3) is 4.84. The van der Waals surface area contributed by atoms with E-state index in [9.17, 15) is 4.79 Å². The first-order valence-corrected chi connectivity index (χ1v) is 8.81. The lowest BCUT2D eigenvalue weighted by molar-refractivity contribution is -0.113. The van der Waals surface area contributed by atoms with E-state index in [1.165, 1.54) is 11.8 Å². The lowest BCUT2D eigenvalue weighted by Crippen LogP contribution is -2.14. The summed E-state index contributed by atoms with van der Waals surface area (Å²) in [4.78, 5) is 17.4. The van der Waals surface area contributed by atoms with Crippen LogP contribution in [0.3, 0.4) is 0 Å². The molecule has 0 aliphatic heterocycles. The van der Waals surface area contributed by atoms with Crippen LogP contribution in [0.5, 0.6) is 5.75 Å². The molecule has 0 aliphatic carbocycles. The molecule has 0 atom stereocenters. The first-order chi connectivity index (χ1) is 12.2. The van der Waals surface area contributed by atoms with Gasteiger partial charge in [0.05, 0.1) is 12.9 Å². The molecule has 0 saturated carbocycles. The van der Waals surface area contributed by atoms with E-state index in [2.05, 4.69) is 10.3 Å². The molecule has 5 heteroatoms. The van der Waals surface area contributed by atoms with E-state index in [1.54, 1.807) is 13.3 Å². The van der Waals surface area contributed by atoms with Crippen molar-refractivity contribution in [2.24, 2.45) is 0 Å². The average molecular weight is 350 g/mol. The Labute approximate surface area is 151 Å². The number of hydrogen-bond donors (Lipinski definition) is 1. The summed E-state index contributed by atoms with van der Waals surface area (Å²) in [7, 11) is 1.63. The van der Waals surface area contributed by atoms with E-state index >= 15 is 0 Å². The van der Waals surface area contributed by atoms with Crippen LogP contribution in [0.1, 0.15) is 0 Å². The number of rotatable bonds is 6. The molecule has 1 N–H and O–H groups in total. The number of methoxy groups -OCH3 is 1.